The maximum absolute atomic E-state index is 12.3. The predicted molar refractivity (Wildman–Crippen MR) is 75.3 cm³/mol. The summed E-state index contributed by atoms with van der Waals surface area (Å²) in [6.07, 6.45) is 0.659. The van der Waals surface area contributed by atoms with Crippen LogP contribution in [-0.4, -0.2) is 36.3 Å². The van der Waals surface area contributed by atoms with Gasteiger partial charge in [-0.1, -0.05) is 30.3 Å². The van der Waals surface area contributed by atoms with E-state index in [0.29, 0.717) is 18.8 Å². The third-order valence-electron chi connectivity index (χ3n) is 2.56. The van der Waals surface area contributed by atoms with Gasteiger partial charge in [-0.2, -0.15) is 0 Å². The molecule has 0 aliphatic rings. The smallest absolute Gasteiger partial charge is 0.326 e. The molecular formula is C14H20O4S. The van der Waals surface area contributed by atoms with E-state index < -0.39 is 22.0 Å². The lowest BCUT2D eigenvalue weighted by atomic mass is 10.1. The molecule has 2 unspecified atom stereocenters. The fourth-order valence-electron chi connectivity index (χ4n) is 1.70. The Morgan fingerprint density at radius 3 is 2.58 bits per heavy atom. The largest absolute Gasteiger partial charge is 0.465 e. The van der Waals surface area contributed by atoms with Gasteiger partial charge in [0.25, 0.3) is 0 Å². The van der Waals surface area contributed by atoms with Crippen molar-refractivity contribution in [3.63, 3.8) is 0 Å². The fourth-order valence-corrected chi connectivity index (χ4v) is 3.09. The molecule has 1 rings (SSSR count). The molecule has 5 heteroatoms. The Kier molecular flexibility index (Phi) is 7.36. The average molecular weight is 284 g/mol. The highest BCUT2D eigenvalue weighted by Gasteiger charge is 2.27. The molecule has 19 heavy (non-hydrogen) atoms. The molecule has 0 heterocycles. The molecule has 0 saturated heterocycles. The van der Waals surface area contributed by atoms with Gasteiger partial charge in [0, 0.05) is 30.3 Å². The monoisotopic (exact) mass is 284 g/mol. The number of hydrogen-bond donors (Lipinski definition) is 0. The number of esters is 1. The van der Waals surface area contributed by atoms with Crippen LogP contribution in [0.4, 0.5) is 0 Å². The minimum atomic E-state index is -1.30. The molecule has 1 aromatic rings. The summed E-state index contributed by atoms with van der Waals surface area (Å²) >= 11 is 0. The molecule has 2 atom stereocenters. The van der Waals surface area contributed by atoms with E-state index in [1.807, 2.05) is 18.2 Å². The maximum atomic E-state index is 12.3. The second kappa shape index (κ2) is 8.82. The number of carbonyl (C=O) groups is 1. The molecule has 0 fully saturated rings. The minimum Gasteiger partial charge on any atom is -0.465 e. The van der Waals surface area contributed by atoms with Gasteiger partial charge < -0.3 is 9.47 Å². The summed E-state index contributed by atoms with van der Waals surface area (Å²) in [7, 11) is 0.304. The summed E-state index contributed by atoms with van der Waals surface area (Å²) < 4.78 is 22.2. The van der Waals surface area contributed by atoms with Gasteiger partial charge in [0.15, 0.2) is 5.25 Å². The zero-order valence-electron chi connectivity index (χ0n) is 11.3. The molecule has 0 saturated carbocycles. The number of ether oxygens (including phenoxy) is 2. The van der Waals surface area contributed by atoms with Gasteiger partial charge in [0.2, 0.25) is 0 Å². The van der Waals surface area contributed by atoms with Crippen molar-refractivity contribution in [1.82, 2.24) is 0 Å². The summed E-state index contributed by atoms with van der Waals surface area (Å²) in [6, 6.07) is 9.12. The average Bonchev–Trinajstić information content (AvgIpc) is 2.41. The van der Waals surface area contributed by atoms with E-state index >= 15 is 0 Å². The quantitative estimate of drug-likeness (QED) is 0.542. The number of hydrogen-bond acceptors (Lipinski definition) is 4. The first-order valence-corrected chi connectivity index (χ1v) is 7.66. The van der Waals surface area contributed by atoms with Gasteiger partial charge in [0.05, 0.1) is 6.61 Å². The topological polar surface area (TPSA) is 52.6 Å². The van der Waals surface area contributed by atoms with Crippen LogP contribution in [0.15, 0.2) is 30.3 Å². The highest BCUT2D eigenvalue weighted by molar-refractivity contribution is 7.86. The van der Waals surface area contributed by atoms with Gasteiger partial charge in [0.1, 0.15) is 0 Å². The van der Waals surface area contributed by atoms with Crippen LogP contribution in [0.3, 0.4) is 0 Å². The van der Waals surface area contributed by atoms with Gasteiger partial charge in [-0.05, 0) is 18.9 Å². The zero-order chi connectivity index (χ0) is 14.1. The molecule has 0 amide bonds. The van der Waals surface area contributed by atoms with Crippen LogP contribution in [0.2, 0.25) is 0 Å². The second-order valence-corrected chi connectivity index (χ2v) is 5.62. The van der Waals surface area contributed by atoms with E-state index in [0.717, 1.165) is 5.56 Å². The van der Waals surface area contributed by atoms with Crippen molar-refractivity contribution < 1.29 is 18.5 Å². The van der Waals surface area contributed by atoms with E-state index in [9.17, 15) is 9.00 Å². The highest BCUT2D eigenvalue weighted by Crippen LogP contribution is 2.22. The van der Waals surface area contributed by atoms with E-state index in [4.69, 9.17) is 9.47 Å². The molecule has 0 spiro atoms. The first-order chi connectivity index (χ1) is 9.20. The van der Waals surface area contributed by atoms with Crippen LogP contribution in [0.5, 0.6) is 0 Å². The molecule has 1 aromatic carbocycles. The van der Waals surface area contributed by atoms with Crippen molar-refractivity contribution in [2.24, 2.45) is 0 Å². The molecule has 0 aliphatic carbocycles. The van der Waals surface area contributed by atoms with Crippen molar-refractivity contribution in [3.05, 3.63) is 35.9 Å². The molecule has 0 N–H and O–H groups in total. The lowest BCUT2D eigenvalue weighted by Crippen LogP contribution is -2.22. The van der Waals surface area contributed by atoms with E-state index in [1.165, 1.54) is 0 Å². The molecular weight excluding hydrogens is 264 g/mol. The Morgan fingerprint density at radius 1 is 1.32 bits per heavy atom. The van der Waals surface area contributed by atoms with Crippen molar-refractivity contribution in [2.75, 3.05) is 26.1 Å². The van der Waals surface area contributed by atoms with Crippen LogP contribution in [0.25, 0.3) is 0 Å². The normalized spacial score (nSPS) is 13.8. The maximum Gasteiger partial charge on any atom is 0.326 e. The van der Waals surface area contributed by atoms with Gasteiger partial charge >= 0.3 is 5.97 Å². The van der Waals surface area contributed by atoms with Crippen molar-refractivity contribution in [3.8, 4) is 0 Å². The summed E-state index contributed by atoms with van der Waals surface area (Å²) in [6.45, 7) is 2.57. The van der Waals surface area contributed by atoms with E-state index in [1.54, 1.807) is 26.2 Å². The Hall–Kier alpha value is -1.20. The molecule has 106 valence electrons. The second-order valence-electron chi connectivity index (χ2n) is 3.97. The zero-order valence-corrected chi connectivity index (χ0v) is 12.2. The summed E-state index contributed by atoms with van der Waals surface area (Å²) in [5.41, 5.74) is 0.733. The van der Waals surface area contributed by atoms with Crippen LogP contribution < -0.4 is 0 Å². The molecule has 0 bridgehead atoms. The Bertz CT molecular complexity index is 405. The summed E-state index contributed by atoms with van der Waals surface area (Å²) in [5, 5.41) is -0.710. The predicted octanol–water partition coefficient (Wildman–Crippen LogP) is 2.08. The highest BCUT2D eigenvalue weighted by atomic mass is 32.2. The lowest BCUT2D eigenvalue weighted by molar-refractivity contribution is -0.142. The Morgan fingerprint density at radius 2 is 2.00 bits per heavy atom. The Labute approximate surface area is 116 Å². The van der Waals surface area contributed by atoms with E-state index in [-0.39, 0.29) is 6.61 Å². The summed E-state index contributed by atoms with van der Waals surface area (Å²) in [4.78, 5) is 12.0. The Balaban J connectivity index is 2.81. The van der Waals surface area contributed by atoms with Crippen LogP contribution in [-0.2, 0) is 25.1 Å². The molecule has 0 radical (unpaired) electrons. The number of methoxy groups -OCH3 is 1. The van der Waals surface area contributed by atoms with E-state index in [2.05, 4.69) is 0 Å². The van der Waals surface area contributed by atoms with Gasteiger partial charge in [-0.25, -0.2) is 0 Å². The molecule has 0 aromatic heterocycles. The third kappa shape index (κ3) is 5.12. The van der Waals surface area contributed by atoms with Gasteiger partial charge in [-0.3, -0.25) is 9.00 Å². The fraction of sp³-hybridized carbons (Fsp3) is 0.500. The van der Waals surface area contributed by atoms with Crippen LogP contribution >= 0.6 is 0 Å². The summed E-state index contributed by atoms with van der Waals surface area (Å²) in [5.74, 6) is -0.00360. The number of rotatable bonds is 8. The van der Waals surface area contributed by atoms with Crippen LogP contribution in [0, 0.1) is 0 Å². The minimum absolute atomic E-state index is 0.289. The van der Waals surface area contributed by atoms with Crippen molar-refractivity contribution >= 4 is 16.8 Å². The van der Waals surface area contributed by atoms with Gasteiger partial charge in [-0.15, -0.1) is 0 Å². The SMILES string of the molecule is CCOC(=O)C(c1ccccc1)S(=O)CCCOC. The first-order valence-electron chi connectivity index (χ1n) is 6.28. The van der Waals surface area contributed by atoms with Crippen LogP contribution in [0.1, 0.15) is 24.2 Å². The number of carbonyl (C=O) groups excluding carboxylic acids is 1. The molecule has 0 aliphatic heterocycles. The van der Waals surface area contributed by atoms with Crippen molar-refractivity contribution in [1.29, 1.82) is 0 Å². The molecule has 4 nitrogen and oxygen atoms in total. The van der Waals surface area contributed by atoms with Crippen molar-refractivity contribution in [2.45, 2.75) is 18.6 Å². The third-order valence-corrected chi connectivity index (χ3v) is 4.24. The first kappa shape index (κ1) is 15.9. The lowest BCUT2D eigenvalue weighted by Gasteiger charge is -2.15. The number of benzene rings is 1. The standard InChI is InChI=1S/C14H20O4S/c1-3-18-14(15)13(12-8-5-4-6-9-12)19(16)11-7-10-17-2/h4-6,8-9,13H,3,7,10-11H2,1-2H3.